The number of likely N-dealkylation sites (tertiary alicyclic amines) is 1. The zero-order valence-corrected chi connectivity index (χ0v) is 38.8. The van der Waals surface area contributed by atoms with E-state index < -0.39 is 104 Å². The van der Waals surface area contributed by atoms with E-state index in [0.29, 0.717) is 31.7 Å². The Morgan fingerprint density at radius 1 is 0.859 bits per heavy atom. The number of aryl methyl sites for hydroxylation is 2. The van der Waals surface area contributed by atoms with Gasteiger partial charge in [0.05, 0.1) is 30.6 Å². The first-order valence-corrected chi connectivity index (χ1v) is 23.1. The summed E-state index contributed by atoms with van der Waals surface area (Å²) in [5, 5.41) is 29.3. The number of carboxylic acids is 2. The third-order valence-corrected chi connectivity index (χ3v) is 14.7. The van der Waals surface area contributed by atoms with Crippen LogP contribution >= 0.6 is 0 Å². The van der Waals surface area contributed by atoms with E-state index in [1.54, 1.807) is 27.7 Å². The lowest BCUT2D eigenvalue weighted by atomic mass is 9.39. The highest BCUT2D eigenvalue weighted by Crippen LogP contribution is 2.69. The second kappa shape index (κ2) is 21.2. The molecule has 0 radical (unpaired) electrons. The first-order valence-electron chi connectivity index (χ1n) is 23.1. The number of amides is 5. The summed E-state index contributed by atoms with van der Waals surface area (Å²) in [5.74, 6) is -6.77. The molecule has 5 aliphatic rings. The van der Waals surface area contributed by atoms with Crippen molar-refractivity contribution in [2.24, 2.45) is 34.3 Å². The molecule has 0 spiro atoms. The molecule has 17 nitrogen and oxygen atoms in total. The number of carbonyl (C=O) groups is 7. The molecule has 3 aliphatic carbocycles. The summed E-state index contributed by atoms with van der Waals surface area (Å²) < 4.78 is 13.4. The Kier molecular flexibility index (Phi) is 16.7. The Morgan fingerprint density at radius 2 is 1.53 bits per heavy atom. The molecule has 10 atom stereocenters. The lowest BCUT2D eigenvalue weighted by molar-refractivity contribution is -0.220. The third-order valence-electron chi connectivity index (χ3n) is 14.7. The smallest absolute Gasteiger partial charge is 0.481 e. The molecule has 354 valence electrons. The minimum atomic E-state index is -1.51. The molecule has 2 heterocycles. The summed E-state index contributed by atoms with van der Waals surface area (Å²) in [6.07, 6.45) is 4.49. The van der Waals surface area contributed by atoms with Gasteiger partial charge in [-0.25, -0.2) is 0 Å². The zero-order valence-electron chi connectivity index (χ0n) is 38.8. The monoisotopic (exact) mass is 895 g/mol. The molecule has 64 heavy (non-hydrogen) atoms. The summed E-state index contributed by atoms with van der Waals surface area (Å²) in [4.78, 5) is 93.0. The van der Waals surface area contributed by atoms with Crippen LogP contribution in [0.4, 0.5) is 0 Å². The number of rotatable bonds is 22. The van der Waals surface area contributed by atoms with Crippen LogP contribution in [0.1, 0.15) is 124 Å². The first kappa shape index (κ1) is 50.5. The molecule has 8 N–H and O–H groups in total. The topological polar surface area (TPSA) is 256 Å². The van der Waals surface area contributed by atoms with Crippen LogP contribution in [0.5, 0.6) is 0 Å². The molecular formula is C46H71BN6O11. The maximum absolute atomic E-state index is 14.4. The number of nitrogens with zero attached hydrogens (tertiary/aromatic N) is 1. The highest BCUT2D eigenvalue weighted by Gasteiger charge is 2.69. The van der Waals surface area contributed by atoms with E-state index in [9.17, 15) is 38.7 Å². The van der Waals surface area contributed by atoms with Crippen LogP contribution in [0.15, 0.2) is 24.3 Å². The molecule has 2 saturated heterocycles. The zero-order chi connectivity index (χ0) is 47.3. The van der Waals surface area contributed by atoms with Crippen LogP contribution in [0.2, 0.25) is 0 Å². The van der Waals surface area contributed by atoms with Gasteiger partial charge in [-0.05, 0) is 92.6 Å². The SMILES string of the molecule is Cc1ccccc1CCCC[C@H](NC(=O)[C@@H]1CCCN1C(=O)[C@@H](NC(=O)[C@@H](NC(=O)[C@H](CCC(=O)O)NC(=O)[C@@H](N)CC(=O)O)C(C)C)C(C)C)B1O[C@@H]2[C@@H](C[C@@H]3C[C@@]2(C)C3(C)C)O1. The Labute approximate surface area is 377 Å². The van der Waals surface area contributed by atoms with Gasteiger partial charge in [-0.1, -0.05) is 79.2 Å². The maximum Gasteiger partial charge on any atom is 0.481 e. The van der Waals surface area contributed by atoms with Crippen molar-refractivity contribution in [1.82, 2.24) is 26.2 Å². The second-order valence-electron chi connectivity index (χ2n) is 20.0. The number of benzene rings is 1. The van der Waals surface area contributed by atoms with Crippen molar-refractivity contribution in [3.05, 3.63) is 35.4 Å². The predicted octanol–water partition coefficient (Wildman–Crippen LogP) is 2.88. The normalized spacial score (nSPS) is 25.6. The van der Waals surface area contributed by atoms with Crippen molar-refractivity contribution in [1.29, 1.82) is 0 Å². The van der Waals surface area contributed by atoms with E-state index >= 15 is 0 Å². The number of nitrogens with two attached hydrogens (primary N) is 1. The minimum Gasteiger partial charge on any atom is -0.481 e. The Bertz CT molecular complexity index is 1900. The van der Waals surface area contributed by atoms with Crippen LogP contribution in [0.25, 0.3) is 0 Å². The van der Waals surface area contributed by atoms with Gasteiger partial charge in [0.2, 0.25) is 29.5 Å². The predicted molar refractivity (Wildman–Crippen MR) is 238 cm³/mol. The number of nitrogens with one attached hydrogen (secondary N) is 4. The lowest BCUT2D eigenvalue weighted by Gasteiger charge is -2.67. The standard InChI is InChI=1S/C46H71BN6O11/c1-25(2)37(51-41(59)31(19-20-35(54)55)49-40(58)30(48)23-36(56)57)43(61)52-38(26(3)4)44(62)53-21-13-17-32(53)42(60)50-34(18-12-11-16-28-15-10-9-14-27(28)5)47-63-33-22-29-24-46(8,39(33)64-47)45(29,6)7/h9-10,14-15,25-26,29-34,37-39H,11-13,16-24,48H2,1-8H3,(H,49,58)(H,50,60)(H,51,59)(H,52,61)(H,54,55)(H,56,57)/t29-,30+,31+,32+,33-,34+,37+,38+,39-,46-/m1/s1. The number of carboxylic acid groups (broad SMARTS) is 2. The molecule has 1 aromatic rings. The highest BCUT2D eigenvalue weighted by molar-refractivity contribution is 6.47. The van der Waals surface area contributed by atoms with Crippen molar-refractivity contribution >= 4 is 48.6 Å². The summed E-state index contributed by atoms with van der Waals surface area (Å²) in [7, 11) is -0.639. The molecule has 18 heteroatoms. The molecule has 5 amide bonds. The van der Waals surface area contributed by atoms with Crippen LogP contribution in [0, 0.1) is 35.5 Å². The van der Waals surface area contributed by atoms with Gasteiger partial charge in [-0.2, -0.15) is 0 Å². The average Bonchev–Trinajstić information content (AvgIpc) is 3.90. The van der Waals surface area contributed by atoms with Crippen molar-refractivity contribution < 1.29 is 53.1 Å². The van der Waals surface area contributed by atoms with Gasteiger partial charge >= 0.3 is 19.1 Å². The van der Waals surface area contributed by atoms with Crippen LogP contribution < -0.4 is 27.0 Å². The Morgan fingerprint density at radius 3 is 2.16 bits per heavy atom. The van der Waals surface area contributed by atoms with Crippen LogP contribution in [-0.4, -0.2) is 119 Å². The Hall–Kier alpha value is -4.55. The molecule has 2 bridgehead atoms. The van der Waals surface area contributed by atoms with E-state index in [1.165, 1.54) is 16.0 Å². The summed E-state index contributed by atoms with van der Waals surface area (Å²) >= 11 is 0. The molecule has 2 aliphatic heterocycles. The minimum absolute atomic E-state index is 0.0352. The van der Waals surface area contributed by atoms with E-state index in [0.717, 1.165) is 32.1 Å². The van der Waals surface area contributed by atoms with E-state index in [1.807, 2.05) is 12.1 Å². The third kappa shape index (κ3) is 11.5. The number of aliphatic carboxylic acids is 2. The first-order chi connectivity index (χ1) is 30.0. The Balaban J connectivity index is 1.27. The number of hydrogen-bond donors (Lipinski definition) is 7. The fourth-order valence-electron chi connectivity index (χ4n) is 10.2. The van der Waals surface area contributed by atoms with Gasteiger partial charge in [0, 0.05) is 18.4 Å². The number of carbonyl (C=O) groups excluding carboxylic acids is 5. The van der Waals surface area contributed by atoms with Gasteiger partial charge in [0.15, 0.2) is 0 Å². The van der Waals surface area contributed by atoms with E-state index in [-0.39, 0.29) is 35.4 Å². The molecule has 1 aromatic carbocycles. The second-order valence-corrected chi connectivity index (χ2v) is 20.0. The quantitative estimate of drug-likeness (QED) is 0.0656. The molecule has 0 unspecified atom stereocenters. The van der Waals surface area contributed by atoms with Crippen LogP contribution in [0.3, 0.4) is 0 Å². The molecule has 5 fully saturated rings. The van der Waals surface area contributed by atoms with Gasteiger partial charge in [0.25, 0.3) is 0 Å². The largest absolute Gasteiger partial charge is 0.481 e. The molecular weight excluding hydrogens is 823 g/mol. The molecule has 3 saturated carbocycles. The van der Waals surface area contributed by atoms with Crippen molar-refractivity contribution in [2.45, 2.75) is 174 Å². The molecule has 6 rings (SSSR count). The van der Waals surface area contributed by atoms with Crippen LogP contribution in [-0.2, 0) is 49.3 Å². The fourth-order valence-corrected chi connectivity index (χ4v) is 10.2. The fraction of sp³-hybridized carbons (Fsp3) is 0.717. The summed E-state index contributed by atoms with van der Waals surface area (Å²) in [5.41, 5.74) is 8.29. The number of hydrogen-bond acceptors (Lipinski definition) is 10. The lowest BCUT2D eigenvalue weighted by Crippen LogP contribution is -2.66. The van der Waals surface area contributed by atoms with Crippen molar-refractivity contribution in [3.8, 4) is 0 Å². The average molecular weight is 895 g/mol. The van der Waals surface area contributed by atoms with Gasteiger partial charge in [-0.15, -0.1) is 0 Å². The summed E-state index contributed by atoms with van der Waals surface area (Å²) in [6, 6.07) is 2.25. The maximum atomic E-state index is 14.4. The number of unbranched alkanes of at least 4 members (excludes halogenated alkanes) is 1. The molecule has 0 aromatic heterocycles. The van der Waals surface area contributed by atoms with E-state index in [2.05, 4.69) is 61.1 Å². The summed E-state index contributed by atoms with van der Waals surface area (Å²) in [6.45, 7) is 16.2. The van der Waals surface area contributed by atoms with Crippen molar-refractivity contribution in [3.63, 3.8) is 0 Å². The van der Waals surface area contributed by atoms with E-state index in [4.69, 9.17) is 20.1 Å². The highest BCUT2D eigenvalue weighted by atomic mass is 16.7. The van der Waals surface area contributed by atoms with Gasteiger partial charge in [0.1, 0.15) is 24.2 Å². The van der Waals surface area contributed by atoms with Gasteiger partial charge < -0.3 is 51.4 Å². The van der Waals surface area contributed by atoms with Gasteiger partial charge in [-0.3, -0.25) is 33.6 Å². The van der Waals surface area contributed by atoms with Crippen molar-refractivity contribution in [2.75, 3.05) is 6.54 Å².